The van der Waals surface area contributed by atoms with Gasteiger partial charge in [-0.25, -0.2) is 0 Å². The highest BCUT2D eigenvalue weighted by molar-refractivity contribution is 5.78. The number of hydrogen-bond donors (Lipinski definition) is 0. The lowest BCUT2D eigenvalue weighted by molar-refractivity contribution is 0.800. The summed E-state index contributed by atoms with van der Waals surface area (Å²) in [6.07, 6.45) is 0. The van der Waals surface area contributed by atoms with E-state index >= 15 is 0 Å². The van der Waals surface area contributed by atoms with Crippen molar-refractivity contribution in [3.05, 3.63) is 106 Å². The maximum atomic E-state index is 13.1. The van der Waals surface area contributed by atoms with E-state index < -0.39 is 5.56 Å². The summed E-state index contributed by atoms with van der Waals surface area (Å²) in [5, 5.41) is 23.0. The number of aryl methyl sites for hydroxylation is 2. The van der Waals surface area contributed by atoms with Gasteiger partial charge in [0, 0.05) is 0 Å². The van der Waals surface area contributed by atoms with Gasteiger partial charge in [-0.15, -0.1) is 15.3 Å². The van der Waals surface area contributed by atoms with Crippen molar-refractivity contribution in [1.29, 1.82) is 5.26 Å². The fourth-order valence-electron chi connectivity index (χ4n) is 3.14. The van der Waals surface area contributed by atoms with Crippen molar-refractivity contribution in [2.24, 2.45) is 10.2 Å². The second-order valence-electron chi connectivity index (χ2n) is 7.14. The Morgan fingerprint density at radius 1 is 0.839 bits per heavy atom. The van der Waals surface area contributed by atoms with Crippen LogP contribution >= 0.6 is 0 Å². The molecular weight excluding hydrogens is 386 g/mol. The summed E-state index contributed by atoms with van der Waals surface area (Å²) < 4.78 is 1.20. The fourth-order valence-corrected chi connectivity index (χ4v) is 3.14. The van der Waals surface area contributed by atoms with E-state index in [-0.39, 0.29) is 11.4 Å². The summed E-state index contributed by atoms with van der Waals surface area (Å²) in [6, 6.07) is 26.1. The van der Waals surface area contributed by atoms with E-state index in [9.17, 15) is 10.1 Å². The third kappa shape index (κ3) is 4.16. The zero-order valence-corrected chi connectivity index (χ0v) is 17.1. The van der Waals surface area contributed by atoms with Gasteiger partial charge in [0.25, 0.3) is 5.56 Å². The zero-order valence-electron chi connectivity index (χ0n) is 17.1. The number of hydrogen-bond acceptors (Lipinski definition) is 5. The number of nitriles is 1. The van der Waals surface area contributed by atoms with Gasteiger partial charge in [0.1, 0.15) is 11.6 Å². The Balaban J connectivity index is 1.96. The monoisotopic (exact) mass is 405 g/mol. The van der Waals surface area contributed by atoms with E-state index in [0.29, 0.717) is 22.5 Å². The van der Waals surface area contributed by atoms with Gasteiger partial charge in [0.05, 0.1) is 16.9 Å². The molecule has 6 heteroatoms. The van der Waals surface area contributed by atoms with Crippen LogP contribution in [0.1, 0.15) is 16.7 Å². The summed E-state index contributed by atoms with van der Waals surface area (Å²) in [6.45, 7) is 3.95. The predicted molar refractivity (Wildman–Crippen MR) is 120 cm³/mol. The molecule has 0 aliphatic rings. The van der Waals surface area contributed by atoms with E-state index in [2.05, 4.69) is 21.4 Å². The number of rotatable bonds is 4. The highest BCUT2D eigenvalue weighted by atomic mass is 16.1. The molecule has 0 N–H and O–H groups in total. The quantitative estimate of drug-likeness (QED) is 0.402. The van der Waals surface area contributed by atoms with E-state index in [1.165, 1.54) is 4.68 Å². The molecule has 4 aromatic rings. The predicted octanol–water partition coefficient (Wildman–Crippen LogP) is 5.80. The van der Waals surface area contributed by atoms with Crippen LogP contribution < -0.4 is 5.56 Å². The normalized spacial score (nSPS) is 10.9. The van der Waals surface area contributed by atoms with Gasteiger partial charge >= 0.3 is 0 Å². The van der Waals surface area contributed by atoms with Gasteiger partial charge in [-0.1, -0.05) is 65.7 Å². The van der Waals surface area contributed by atoms with Gasteiger partial charge in [-0.2, -0.15) is 9.94 Å². The van der Waals surface area contributed by atoms with Crippen LogP contribution in [0.4, 0.5) is 11.5 Å². The molecule has 0 spiro atoms. The molecule has 0 saturated heterocycles. The highest BCUT2D eigenvalue weighted by Crippen LogP contribution is 2.31. The maximum absolute atomic E-state index is 13.1. The molecule has 4 rings (SSSR count). The Labute approximate surface area is 179 Å². The Kier molecular flexibility index (Phi) is 5.50. The molecule has 0 fully saturated rings. The molecule has 31 heavy (non-hydrogen) atoms. The third-order valence-corrected chi connectivity index (χ3v) is 4.82. The third-order valence-electron chi connectivity index (χ3n) is 4.82. The molecule has 0 saturated carbocycles. The fraction of sp³-hybridized carbons (Fsp3) is 0.0800. The SMILES string of the molecule is Cc1ccc(N=Nc2nn(-c3ccc(C)cc3)c(=O)c(C#N)c2-c2ccccc2)cc1. The van der Waals surface area contributed by atoms with Crippen molar-refractivity contribution in [2.45, 2.75) is 13.8 Å². The molecular formula is C25H19N5O. The number of nitrogens with zero attached hydrogens (tertiary/aromatic N) is 5. The molecule has 0 atom stereocenters. The van der Waals surface area contributed by atoms with E-state index in [4.69, 9.17) is 0 Å². The van der Waals surface area contributed by atoms with Crippen molar-refractivity contribution in [2.75, 3.05) is 0 Å². The number of benzene rings is 3. The summed E-state index contributed by atoms with van der Waals surface area (Å²) in [7, 11) is 0. The van der Waals surface area contributed by atoms with Crippen molar-refractivity contribution in [3.63, 3.8) is 0 Å². The van der Waals surface area contributed by atoms with Crippen molar-refractivity contribution >= 4 is 11.5 Å². The first-order valence-electron chi connectivity index (χ1n) is 9.75. The summed E-state index contributed by atoms with van der Waals surface area (Å²) in [5.41, 5.74) is 3.89. The summed E-state index contributed by atoms with van der Waals surface area (Å²) >= 11 is 0. The van der Waals surface area contributed by atoms with Crippen LogP contribution in [-0.2, 0) is 0 Å². The first-order valence-corrected chi connectivity index (χ1v) is 9.75. The molecule has 1 aromatic heterocycles. The van der Waals surface area contributed by atoms with Gasteiger partial charge < -0.3 is 0 Å². The van der Waals surface area contributed by atoms with Gasteiger partial charge in [-0.3, -0.25) is 4.79 Å². The van der Waals surface area contributed by atoms with Crippen LogP contribution in [0.15, 0.2) is 93.9 Å². The molecule has 0 aliphatic carbocycles. The molecule has 0 radical (unpaired) electrons. The summed E-state index contributed by atoms with van der Waals surface area (Å²) in [4.78, 5) is 13.1. The molecule has 3 aromatic carbocycles. The van der Waals surface area contributed by atoms with Crippen LogP contribution in [0.25, 0.3) is 16.8 Å². The van der Waals surface area contributed by atoms with Crippen molar-refractivity contribution in [3.8, 4) is 22.9 Å². The summed E-state index contributed by atoms with van der Waals surface area (Å²) in [5.74, 6) is 0.198. The average Bonchev–Trinajstić information content (AvgIpc) is 2.80. The molecule has 0 bridgehead atoms. The number of azo groups is 1. The maximum Gasteiger partial charge on any atom is 0.290 e. The van der Waals surface area contributed by atoms with Gasteiger partial charge in [0.15, 0.2) is 0 Å². The lowest BCUT2D eigenvalue weighted by Crippen LogP contribution is -2.24. The van der Waals surface area contributed by atoms with Crippen LogP contribution in [0.3, 0.4) is 0 Å². The second-order valence-corrected chi connectivity index (χ2v) is 7.14. The largest absolute Gasteiger partial charge is 0.290 e. The van der Waals surface area contributed by atoms with Crippen molar-refractivity contribution < 1.29 is 0 Å². The van der Waals surface area contributed by atoms with Crippen LogP contribution in [0.5, 0.6) is 0 Å². The first-order chi connectivity index (χ1) is 15.1. The van der Waals surface area contributed by atoms with E-state index in [1.54, 1.807) is 12.1 Å². The molecule has 1 heterocycles. The Bertz CT molecular complexity index is 1350. The minimum absolute atomic E-state index is 0.0281. The molecule has 0 amide bonds. The highest BCUT2D eigenvalue weighted by Gasteiger charge is 2.20. The van der Waals surface area contributed by atoms with Crippen LogP contribution in [-0.4, -0.2) is 9.78 Å². The van der Waals surface area contributed by atoms with E-state index in [0.717, 1.165) is 11.1 Å². The minimum atomic E-state index is -0.500. The van der Waals surface area contributed by atoms with Crippen LogP contribution in [0.2, 0.25) is 0 Å². The standard InChI is InChI=1S/C25H19N5O/c1-17-8-12-20(13-9-17)27-28-24-23(19-6-4-3-5-7-19)22(16-26)25(31)30(29-24)21-14-10-18(2)11-15-21/h3-15H,1-2H3. The topological polar surface area (TPSA) is 83.4 Å². The Morgan fingerprint density at radius 3 is 2.06 bits per heavy atom. The first kappa shape index (κ1) is 19.9. The Morgan fingerprint density at radius 2 is 1.45 bits per heavy atom. The number of aromatic nitrogens is 2. The van der Waals surface area contributed by atoms with Crippen LogP contribution in [0, 0.1) is 25.2 Å². The smallest absolute Gasteiger partial charge is 0.266 e. The molecule has 0 unspecified atom stereocenters. The van der Waals surface area contributed by atoms with Gasteiger partial charge in [-0.05, 0) is 43.7 Å². The molecule has 0 aliphatic heterocycles. The minimum Gasteiger partial charge on any atom is -0.266 e. The average molecular weight is 405 g/mol. The molecule has 150 valence electrons. The zero-order chi connectivity index (χ0) is 21.8. The van der Waals surface area contributed by atoms with E-state index in [1.807, 2.05) is 80.6 Å². The second kappa shape index (κ2) is 8.56. The Hall–Kier alpha value is -4.37. The van der Waals surface area contributed by atoms with Gasteiger partial charge in [0.2, 0.25) is 5.82 Å². The lowest BCUT2D eigenvalue weighted by atomic mass is 10.0. The lowest BCUT2D eigenvalue weighted by Gasteiger charge is -2.11. The molecule has 6 nitrogen and oxygen atoms in total. The van der Waals surface area contributed by atoms with Crippen molar-refractivity contribution in [1.82, 2.24) is 9.78 Å².